The Balaban J connectivity index is 1.64. The maximum Gasteiger partial charge on any atom is 0.407 e. The lowest BCUT2D eigenvalue weighted by atomic mass is 9.83. The molecule has 1 aliphatic heterocycles. The molecule has 0 bridgehead atoms. The molecule has 3 unspecified atom stereocenters. The van der Waals surface area contributed by atoms with E-state index in [0.717, 1.165) is 40.9 Å². The van der Waals surface area contributed by atoms with Crippen LogP contribution in [-0.2, 0) is 33.8 Å². The van der Waals surface area contributed by atoms with E-state index in [4.69, 9.17) is 5.73 Å². The van der Waals surface area contributed by atoms with Gasteiger partial charge < -0.3 is 26.4 Å². The first-order chi connectivity index (χ1) is 19.3. The number of hydrogen-bond donors (Lipinski definition) is 4. The first-order valence-electron chi connectivity index (χ1n) is 14.1. The van der Waals surface area contributed by atoms with Crippen LogP contribution in [0.4, 0.5) is 10.5 Å². The molecule has 5 N–H and O–H groups in total. The summed E-state index contributed by atoms with van der Waals surface area (Å²) in [6, 6.07) is 10.6. The van der Waals surface area contributed by atoms with E-state index in [9.17, 15) is 24.3 Å². The van der Waals surface area contributed by atoms with Crippen LogP contribution in [0.15, 0.2) is 42.5 Å². The van der Waals surface area contributed by atoms with E-state index < -0.39 is 41.4 Å². The average molecular weight is 564 g/mol. The first-order valence-corrected chi connectivity index (χ1v) is 14.1. The molecule has 2 aliphatic rings. The second-order valence-electron chi connectivity index (χ2n) is 12.2. The molecule has 4 atom stereocenters. The van der Waals surface area contributed by atoms with Crippen molar-refractivity contribution >= 4 is 29.5 Å². The minimum Gasteiger partial charge on any atom is -0.465 e. The number of nitrogens with one attached hydrogen (secondary N) is 2. The lowest BCUT2D eigenvalue weighted by molar-refractivity contribution is -0.147. The number of likely N-dealkylation sites (N-methyl/N-ethyl adjacent to an activating group) is 1. The topological polar surface area (TPSA) is 145 Å². The van der Waals surface area contributed by atoms with Crippen LogP contribution in [-0.4, -0.2) is 63.9 Å². The third-order valence-electron chi connectivity index (χ3n) is 8.29. The normalized spacial score (nSPS) is 19.7. The molecule has 0 saturated heterocycles. The Morgan fingerprint density at radius 1 is 1.07 bits per heavy atom. The fraction of sp³-hybridized carbons (Fsp3) is 0.484. The number of carboxylic acid groups (broad SMARTS) is 1. The van der Waals surface area contributed by atoms with Crippen LogP contribution in [0.2, 0.25) is 0 Å². The predicted molar refractivity (Wildman–Crippen MR) is 156 cm³/mol. The summed E-state index contributed by atoms with van der Waals surface area (Å²) in [6.45, 7) is 7.13. The van der Waals surface area contributed by atoms with Crippen molar-refractivity contribution in [1.29, 1.82) is 0 Å². The smallest absolute Gasteiger partial charge is 0.407 e. The van der Waals surface area contributed by atoms with Crippen molar-refractivity contribution in [2.24, 2.45) is 5.41 Å². The van der Waals surface area contributed by atoms with Gasteiger partial charge in [-0.1, -0.05) is 51.1 Å². The number of hydrogen-bond acceptors (Lipinski definition) is 5. The molecule has 0 spiro atoms. The van der Waals surface area contributed by atoms with E-state index in [1.165, 1.54) is 19.5 Å². The van der Waals surface area contributed by atoms with Crippen LogP contribution >= 0.6 is 0 Å². The van der Waals surface area contributed by atoms with Gasteiger partial charge in [-0.2, -0.15) is 0 Å². The SMILES string of the molecule is CC(C(=O)NC(C(=O)N1Cc2ccc(N)cc2CC1C(=O)N[C@@H]1CCCc2ccccc21)C(C)(C)C)N(C)C(=O)O. The summed E-state index contributed by atoms with van der Waals surface area (Å²) in [7, 11) is 1.30. The van der Waals surface area contributed by atoms with Gasteiger partial charge in [-0.3, -0.25) is 19.3 Å². The largest absolute Gasteiger partial charge is 0.465 e. The van der Waals surface area contributed by atoms with Crippen LogP contribution in [0.3, 0.4) is 0 Å². The molecule has 2 aromatic rings. The summed E-state index contributed by atoms with van der Waals surface area (Å²) in [5.41, 5.74) is 10.0. The maximum absolute atomic E-state index is 14.3. The minimum absolute atomic E-state index is 0.155. The number of anilines is 1. The molecule has 0 aromatic heterocycles. The van der Waals surface area contributed by atoms with E-state index >= 15 is 0 Å². The number of benzene rings is 2. The van der Waals surface area contributed by atoms with Crippen LogP contribution in [0, 0.1) is 5.41 Å². The van der Waals surface area contributed by atoms with Crippen molar-refractivity contribution < 1.29 is 24.3 Å². The highest BCUT2D eigenvalue weighted by Crippen LogP contribution is 2.32. The minimum atomic E-state index is -1.25. The Kier molecular flexibility index (Phi) is 8.60. The molecule has 220 valence electrons. The Morgan fingerprint density at radius 2 is 1.78 bits per heavy atom. The molecule has 2 aromatic carbocycles. The van der Waals surface area contributed by atoms with Gasteiger partial charge in [0.25, 0.3) is 0 Å². The highest BCUT2D eigenvalue weighted by atomic mass is 16.4. The van der Waals surface area contributed by atoms with Crippen molar-refractivity contribution in [2.75, 3.05) is 12.8 Å². The van der Waals surface area contributed by atoms with Gasteiger partial charge in [-0.25, -0.2) is 4.79 Å². The van der Waals surface area contributed by atoms with Gasteiger partial charge in [-0.15, -0.1) is 0 Å². The predicted octanol–water partition coefficient (Wildman–Crippen LogP) is 3.25. The number of carbonyl (C=O) groups is 4. The van der Waals surface area contributed by atoms with E-state index in [1.54, 1.807) is 11.0 Å². The molecule has 10 heteroatoms. The molecule has 10 nitrogen and oxygen atoms in total. The summed E-state index contributed by atoms with van der Waals surface area (Å²) in [4.78, 5) is 55.2. The van der Waals surface area contributed by atoms with Gasteiger partial charge >= 0.3 is 6.09 Å². The van der Waals surface area contributed by atoms with Gasteiger partial charge in [0.2, 0.25) is 17.7 Å². The van der Waals surface area contributed by atoms with E-state index in [-0.39, 0.29) is 24.9 Å². The molecule has 0 radical (unpaired) electrons. The molecular formula is C31H41N5O5. The summed E-state index contributed by atoms with van der Waals surface area (Å²) < 4.78 is 0. The Morgan fingerprint density at radius 3 is 2.46 bits per heavy atom. The number of rotatable bonds is 6. The van der Waals surface area contributed by atoms with Crippen LogP contribution < -0.4 is 16.4 Å². The zero-order chi connectivity index (χ0) is 30.1. The molecule has 1 aliphatic carbocycles. The first kappa shape index (κ1) is 29.9. The molecule has 41 heavy (non-hydrogen) atoms. The highest BCUT2D eigenvalue weighted by Gasteiger charge is 2.43. The molecular weight excluding hydrogens is 522 g/mol. The molecule has 4 amide bonds. The lowest BCUT2D eigenvalue weighted by Crippen LogP contribution is -2.62. The Bertz CT molecular complexity index is 1340. The monoisotopic (exact) mass is 563 g/mol. The molecule has 1 heterocycles. The van der Waals surface area contributed by atoms with Crippen molar-refractivity contribution in [3.63, 3.8) is 0 Å². The van der Waals surface area contributed by atoms with E-state index in [0.29, 0.717) is 5.69 Å². The van der Waals surface area contributed by atoms with Gasteiger partial charge in [0.1, 0.15) is 18.1 Å². The second-order valence-corrected chi connectivity index (χ2v) is 12.2. The van der Waals surface area contributed by atoms with Crippen molar-refractivity contribution in [3.8, 4) is 0 Å². The van der Waals surface area contributed by atoms with E-state index in [2.05, 4.69) is 16.7 Å². The van der Waals surface area contributed by atoms with Crippen molar-refractivity contribution in [3.05, 3.63) is 64.7 Å². The average Bonchev–Trinajstić information content (AvgIpc) is 2.93. The second kappa shape index (κ2) is 11.8. The number of fused-ring (bicyclic) bond motifs is 2. The number of carbonyl (C=O) groups excluding carboxylic acids is 3. The van der Waals surface area contributed by atoms with Crippen molar-refractivity contribution in [1.82, 2.24) is 20.4 Å². The maximum atomic E-state index is 14.3. The lowest BCUT2D eigenvalue weighted by Gasteiger charge is -2.42. The van der Waals surface area contributed by atoms with Gasteiger partial charge in [0, 0.05) is 25.7 Å². The quantitative estimate of drug-likeness (QED) is 0.397. The zero-order valence-electron chi connectivity index (χ0n) is 24.4. The third kappa shape index (κ3) is 6.47. The summed E-state index contributed by atoms with van der Waals surface area (Å²) in [6.07, 6.45) is 1.76. The Labute approximate surface area is 241 Å². The van der Waals surface area contributed by atoms with Gasteiger partial charge in [0.15, 0.2) is 0 Å². The zero-order valence-corrected chi connectivity index (χ0v) is 24.4. The van der Waals surface area contributed by atoms with Gasteiger partial charge in [-0.05, 0) is 66.0 Å². The molecule has 0 fully saturated rings. The number of nitrogen functional groups attached to an aromatic ring is 1. The number of nitrogens with zero attached hydrogens (tertiary/aromatic N) is 2. The van der Waals surface area contributed by atoms with Crippen LogP contribution in [0.25, 0.3) is 0 Å². The number of amides is 4. The summed E-state index contributed by atoms with van der Waals surface area (Å²) >= 11 is 0. The highest BCUT2D eigenvalue weighted by molar-refractivity contribution is 5.94. The number of aryl methyl sites for hydroxylation is 1. The third-order valence-corrected chi connectivity index (χ3v) is 8.29. The van der Waals surface area contributed by atoms with Gasteiger partial charge in [0.05, 0.1) is 6.04 Å². The summed E-state index contributed by atoms with van der Waals surface area (Å²) in [5, 5.41) is 15.3. The standard InChI is InChI=1S/C31H41N5O5/c1-18(35(5)30(40)41)27(37)34-26(31(2,3)4)29(39)36-17-20-13-14-22(32)15-21(20)16-25(36)28(38)33-24-12-8-10-19-9-6-7-11-23(19)24/h6-7,9,11,13-15,18,24-26H,8,10,12,16-17,32H2,1-5H3,(H,33,38)(H,34,37)(H,40,41)/t18?,24-,25?,26?/m1/s1. The van der Waals surface area contributed by atoms with Crippen LogP contribution in [0.1, 0.15) is 68.8 Å². The summed E-state index contributed by atoms with van der Waals surface area (Å²) in [5.74, 6) is -1.25. The molecule has 0 saturated carbocycles. The van der Waals surface area contributed by atoms with Crippen molar-refractivity contribution in [2.45, 2.75) is 84.1 Å². The van der Waals surface area contributed by atoms with Crippen LogP contribution in [0.5, 0.6) is 0 Å². The molecule has 4 rings (SSSR count). The van der Waals surface area contributed by atoms with E-state index in [1.807, 2.05) is 51.1 Å². The number of nitrogens with two attached hydrogens (primary N) is 1. The fourth-order valence-corrected chi connectivity index (χ4v) is 5.66. The fourth-order valence-electron chi connectivity index (χ4n) is 5.66. The Hall–Kier alpha value is -4.08.